The summed E-state index contributed by atoms with van der Waals surface area (Å²) in [5.41, 5.74) is 6.93. The lowest BCUT2D eigenvalue weighted by atomic mass is 9.91. The molecule has 0 spiro atoms. The van der Waals surface area contributed by atoms with Crippen molar-refractivity contribution in [2.24, 2.45) is 0 Å². The van der Waals surface area contributed by atoms with Crippen LogP contribution in [-0.2, 0) is 12.8 Å². The molecule has 0 bridgehead atoms. The van der Waals surface area contributed by atoms with Gasteiger partial charge in [0.2, 0.25) is 0 Å². The maximum Gasteiger partial charge on any atom is 0.0317 e. The predicted molar refractivity (Wildman–Crippen MR) is 97.2 cm³/mol. The molecule has 0 N–H and O–H groups in total. The van der Waals surface area contributed by atoms with Crippen LogP contribution in [0.1, 0.15) is 27.8 Å². The highest BCUT2D eigenvalue weighted by Crippen LogP contribution is 2.34. The van der Waals surface area contributed by atoms with Crippen LogP contribution in [0.3, 0.4) is 0 Å². The van der Waals surface area contributed by atoms with E-state index < -0.39 is 0 Å². The summed E-state index contributed by atoms with van der Waals surface area (Å²) in [6.07, 6.45) is 6.56. The van der Waals surface area contributed by atoms with Gasteiger partial charge in [-0.05, 0) is 40.7 Å². The van der Waals surface area contributed by atoms with Crippen LogP contribution in [-0.4, -0.2) is 0 Å². The fourth-order valence-corrected chi connectivity index (χ4v) is 3.30. The molecule has 0 aliphatic heterocycles. The monoisotopic (exact) mass is 295 g/mol. The van der Waals surface area contributed by atoms with Gasteiger partial charge in [0, 0.05) is 5.92 Å². The summed E-state index contributed by atoms with van der Waals surface area (Å²) in [4.78, 5) is 0. The Morgan fingerprint density at radius 3 is 1.87 bits per heavy atom. The highest BCUT2D eigenvalue weighted by Gasteiger charge is 2.20. The molecule has 0 saturated heterocycles. The second-order valence-corrected chi connectivity index (χ2v) is 6.06. The van der Waals surface area contributed by atoms with Crippen molar-refractivity contribution in [3.05, 3.63) is 119 Å². The van der Waals surface area contributed by atoms with E-state index in [2.05, 4.69) is 91.0 Å². The van der Waals surface area contributed by atoms with Gasteiger partial charge in [0.25, 0.3) is 0 Å². The van der Waals surface area contributed by atoms with E-state index in [1.165, 1.54) is 33.7 Å². The quantitative estimate of drug-likeness (QED) is 0.598. The summed E-state index contributed by atoms with van der Waals surface area (Å²) < 4.78 is 0. The molecule has 1 radical (unpaired) electrons. The van der Waals surface area contributed by atoms with Crippen LogP contribution in [0.5, 0.6) is 0 Å². The van der Waals surface area contributed by atoms with Gasteiger partial charge in [0.15, 0.2) is 0 Å². The van der Waals surface area contributed by atoms with E-state index in [4.69, 9.17) is 0 Å². The predicted octanol–water partition coefficient (Wildman–Crippen LogP) is 5.47. The van der Waals surface area contributed by atoms with E-state index in [1.807, 2.05) is 0 Å². The molecule has 0 atom stereocenters. The highest BCUT2D eigenvalue weighted by atomic mass is 14.2. The van der Waals surface area contributed by atoms with Crippen LogP contribution >= 0.6 is 0 Å². The molecule has 0 aromatic heterocycles. The van der Waals surface area contributed by atoms with Crippen molar-refractivity contribution in [2.75, 3.05) is 0 Å². The number of allylic oxidation sites excluding steroid dienone is 1. The number of hydrogen-bond donors (Lipinski definition) is 0. The molecule has 0 amide bonds. The fourth-order valence-electron chi connectivity index (χ4n) is 3.30. The fraction of sp³-hybridized carbons (Fsp3) is 0.0870. The van der Waals surface area contributed by atoms with Crippen molar-refractivity contribution >= 4 is 6.08 Å². The van der Waals surface area contributed by atoms with Crippen molar-refractivity contribution in [3.63, 3.8) is 0 Å². The molecule has 4 rings (SSSR count). The lowest BCUT2D eigenvalue weighted by molar-refractivity contribution is 1.06. The summed E-state index contributed by atoms with van der Waals surface area (Å²) in [6.45, 7) is 0. The SMILES string of the molecule is C1=Cc2c(Cc3ccccc3)cccc2[C]1Cc1ccccc1. The maximum atomic E-state index is 2.28. The molecule has 0 fully saturated rings. The van der Waals surface area contributed by atoms with Crippen molar-refractivity contribution < 1.29 is 0 Å². The first kappa shape index (κ1) is 14.0. The van der Waals surface area contributed by atoms with Gasteiger partial charge in [-0.3, -0.25) is 0 Å². The third-order valence-electron chi connectivity index (χ3n) is 4.47. The minimum Gasteiger partial charge on any atom is -0.0718 e. The molecule has 1 aliphatic rings. The highest BCUT2D eigenvalue weighted by molar-refractivity contribution is 5.72. The zero-order valence-corrected chi connectivity index (χ0v) is 13.1. The number of hydrogen-bond acceptors (Lipinski definition) is 0. The van der Waals surface area contributed by atoms with Gasteiger partial charge in [-0.15, -0.1) is 0 Å². The van der Waals surface area contributed by atoms with Crippen LogP contribution < -0.4 is 0 Å². The molecule has 23 heavy (non-hydrogen) atoms. The van der Waals surface area contributed by atoms with Gasteiger partial charge < -0.3 is 0 Å². The third kappa shape index (κ3) is 2.98. The zero-order chi connectivity index (χ0) is 15.5. The Kier molecular flexibility index (Phi) is 3.81. The normalized spacial score (nSPS) is 13.2. The first-order valence-corrected chi connectivity index (χ1v) is 8.14. The molecule has 3 aromatic rings. The summed E-state index contributed by atoms with van der Waals surface area (Å²) in [5, 5.41) is 0. The Morgan fingerprint density at radius 1 is 0.522 bits per heavy atom. The molecule has 111 valence electrons. The Bertz CT molecular complexity index is 813. The molecule has 0 saturated carbocycles. The van der Waals surface area contributed by atoms with Gasteiger partial charge in [-0.2, -0.15) is 0 Å². The van der Waals surface area contributed by atoms with E-state index in [0.29, 0.717) is 0 Å². The average molecular weight is 295 g/mol. The summed E-state index contributed by atoms with van der Waals surface area (Å²) in [5.74, 6) is 1.42. The van der Waals surface area contributed by atoms with Gasteiger partial charge in [0.05, 0.1) is 0 Å². The number of fused-ring (bicyclic) bond motifs is 1. The molecule has 0 unspecified atom stereocenters. The zero-order valence-electron chi connectivity index (χ0n) is 13.1. The van der Waals surface area contributed by atoms with E-state index in [0.717, 1.165) is 12.8 Å². The largest absolute Gasteiger partial charge is 0.0718 e. The third-order valence-corrected chi connectivity index (χ3v) is 4.47. The second-order valence-electron chi connectivity index (χ2n) is 6.06. The van der Waals surface area contributed by atoms with Crippen LogP contribution in [0.4, 0.5) is 0 Å². The molecule has 1 aliphatic carbocycles. The Morgan fingerprint density at radius 2 is 1.17 bits per heavy atom. The number of benzene rings is 3. The smallest absolute Gasteiger partial charge is 0.0317 e. The van der Waals surface area contributed by atoms with Crippen LogP contribution in [0.25, 0.3) is 6.08 Å². The first-order chi connectivity index (χ1) is 11.4. The Balaban J connectivity index is 1.61. The van der Waals surface area contributed by atoms with Gasteiger partial charge >= 0.3 is 0 Å². The topological polar surface area (TPSA) is 0 Å². The standard InChI is InChI=1S/C23H19/c1-3-8-18(9-4-1)16-20-12-7-13-22-21(14-15-23(20)22)17-19-10-5-2-6-11-19/h1-15H,16-17H2. The van der Waals surface area contributed by atoms with Crippen LogP contribution in [0.2, 0.25) is 0 Å². The van der Waals surface area contributed by atoms with Gasteiger partial charge in [0.1, 0.15) is 0 Å². The van der Waals surface area contributed by atoms with Crippen molar-refractivity contribution in [2.45, 2.75) is 12.8 Å². The molecular formula is C23H19. The summed E-state index contributed by atoms with van der Waals surface area (Å²) in [7, 11) is 0. The van der Waals surface area contributed by atoms with E-state index in [9.17, 15) is 0 Å². The van der Waals surface area contributed by atoms with E-state index in [-0.39, 0.29) is 0 Å². The number of rotatable bonds is 4. The van der Waals surface area contributed by atoms with Crippen LogP contribution in [0, 0.1) is 5.92 Å². The lowest BCUT2D eigenvalue weighted by Gasteiger charge is -2.13. The first-order valence-electron chi connectivity index (χ1n) is 8.14. The average Bonchev–Trinajstić information content (AvgIpc) is 3.01. The molecule has 3 aromatic carbocycles. The summed E-state index contributed by atoms with van der Waals surface area (Å²) in [6, 6.07) is 28.1. The van der Waals surface area contributed by atoms with Crippen molar-refractivity contribution in [3.8, 4) is 0 Å². The van der Waals surface area contributed by atoms with E-state index in [1.54, 1.807) is 0 Å². The van der Waals surface area contributed by atoms with Crippen LogP contribution in [0.15, 0.2) is 84.9 Å². The molecule has 0 heterocycles. The molecular weight excluding hydrogens is 276 g/mol. The second kappa shape index (κ2) is 6.26. The maximum absolute atomic E-state index is 2.28. The van der Waals surface area contributed by atoms with Gasteiger partial charge in [-0.25, -0.2) is 0 Å². The molecule has 0 nitrogen and oxygen atoms in total. The minimum atomic E-state index is 0.993. The Hall–Kier alpha value is -2.60. The van der Waals surface area contributed by atoms with E-state index >= 15 is 0 Å². The lowest BCUT2D eigenvalue weighted by Crippen LogP contribution is -2.01. The molecule has 0 heteroatoms. The minimum absolute atomic E-state index is 0.993. The Labute approximate surface area is 138 Å². The summed E-state index contributed by atoms with van der Waals surface area (Å²) >= 11 is 0. The van der Waals surface area contributed by atoms with Crippen molar-refractivity contribution in [1.29, 1.82) is 0 Å². The van der Waals surface area contributed by atoms with Crippen molar-refractivity contribution in [1.82, 2.24) is 0 Å². The van der Waals surface area contributed by atoms with Gasteiger partial charge in [-0.1, -0.05) is 91.0 Å².